The van der Waals surface area contributed by atoms with Crippen molar-refractivity contribution < 1.29 is 19.1 Å². The molecule has 0 saturated carbocycles. The number of benzene rings is 1. The van der Waals surface area contributed by atoms with Crippen LogP contribution in [-0.2, 0) is 16.1 Å². The standard InChI is InChI=1S/C15H23N3O4.ClH/c1-4-17-15(20)10-22-12-6-5-11(7-13(12)21-3)8-18-14(19)9-16-2;/h5-7,16H,4,8-10H2,1-3H3,(H,17,20)(H,18,19);1H. The Bertz CT molecular complexity index is 511. The number of carbonyl (C=O) groups excluding carboxylic acids is 2. The first-order valence-corrected chi connectivity index (χ1v) is 7.08. The van der Waals surface area contributed by atoms with E-state index in [1.54, 1.807) is 19.2 Å². The van der Waals surface area contributed by atoms with E-state index in [1.165, 1.54) is 7.11 Å². The smallest absolute Gasteiger partial charge is 0.257 e. The lowest BCUT2D eigenvalue weighted by Crippen LogP contribution is -2.31. The zero-order valence-electron chi connectivity index (χ0n) is 13.6. The van der Waals surface area contributed by atoms with E-state index in [2.05, 4.69) is 16.0 Å². The van der Waals surface area contributed by atoms with Gasteiger partial charge in [0.2, 0.25) is 5.91 Å². The second-order valence-electron chi connectivity index (χ2n) is 4.53. The van der Waals surface area contributed by atoms with Gasteiger partial charge in [-0.3, -0.25) is 9.59 Å². The average molecular weight is 346 g/mol. The summed E-state index contributed by atoms with van der Waals surface area (Å²) in [6.45, 7) is 3.00. The van der Waals surface area contributed by atoms with E-state index in [-0.39, 0.29) is 37.4 Å². The number of amides is 2. The highest BCUT2D eigenvalue weighted by atomic mass is 35.5. The van der Waals surface area contributed by atoms with Gasteiger partial charge >= 0.3 is 0 Å². The van der Waals surface area contributed by atoms with E-state index in [9.17, 15) is 9.59 Å². The Hall–Kier alpha value is -1.99. The largest absolute Gasteiger partial charge is 0.493 e. The molecular weight excluding hydrogens is 322 g/mol. The van der Waals surface area contributed by atoms with Gasteiger partial charge in [0, 0.05) is 13.1 Å². The zero-order chi connectivity index (χ0) is 16.4. The predicted molar refractivity (Wildman–Crippen MR) is 90.2 cm³/mol. The summed E-state index contributed by atoms with van der Waals surface area (Å²) in [5.74, 6) is 0.731. The average Bonchev–Trinajstić information content (AvgIpc) is 2.51. The number of halogens is 1. The van der Waals surface area contributed by atoms with Crippen LogP contribution >= 0.6 is 12.4 Å². The number of hydrogen-bond donors (Lipinski definition) is 3. The van der Waals surface area contributed by atoms with E-state index in [0.717, 1.165) is 5.56 Å². The molecule has 0 heterocycles. The SMILES string of the molecule is CCNC(=O)COc1ccc(CNC(=O)CNC)cc1OC.Cl. The van der Waals surface area contributed by atoms with Crippen molar-refractivity contribution in [1.82, 2.24) is 16.0 Å². The zero-order valence-corrected chi connectivity index (χ0v) is 14.4. The number of methoxy groups -OCH3 is 1. The summed E-state index contributed by atoms with van der Waals surface area (Å²) in [6.07, 6.45) is 0. The molecular formula is C15H24ClN3O4. The van der Waals surface area contributed by atoms with Crippen molar-refractivity contribution in [3.8, 4) is 11.5 Å². The van der Waals surface area contributed by atoms with Gasteiger partial charge in [0.15, 0.2) is 18.1 Å². The fraction of sp³-hybridized carbons (Fsp3) is 0.467. The summed E-state index contributed by atoms with van der Waals surface area (Å²) in [6, 6.07) is 5.31. The number of likely N-dealkylation sites (N-methyl/N-ethyl adjacent to an activating group) is 2. The van der Waals surface area contributed by atoms with Gasteiger partial charge < -0.3 is 25.4 Å². The summed E-state index contributed by atoms with van der Waals surface area (Å²) < 4.78 is 10.7. The van der Waals surface area contributed by atoms with E-state index >= 15 is 0 Å². The van der Waals surface area contributed by atoms with E-state index in [1.807, 2.05) is 13.0 Å². The second kappa shape index (κ2) is 11.6. The lowest BCUT2D eigenvalue weighted by molar-refractivity contribution is -0.123. The molecule has 1 aromatic rings. The highest BCUT2D eigenvalue weighted by molar-refractivity contribution is 5.85. The van der Waals surface area contributed by atoms with Crippen molar-refractivity contribution in [2.75, 3.05) is 33.9 Å². The summed E-state index contributed by atoms with van der Waals surface area (Å²) in [5.41, 5.74) is 0.881. The second-order valence-corrected chi connectivity index (χ2v) is 4.53. The Morgan fingerprint density at radius 3 is 2.48 bits per heavy atom. The highest BCUT2D eigenvalue weighted by Gasteiger charge is 2.09. The van der Waals surface area contributed by atoms with Crippen LogP contribution in [0, 0.1) is 0 Å². The Morgan fingerprint density at radius 2 is 1.87 bits per heavy atom. The first kappa shape index (κ1) is 21.0. The molecule has 0 atom stereocenters. The van der Waals surface area contributed by atoms with Crippen LogP contribution in [-0.4, -0.2) is 45.7 Å². The van der Waals surface area contributed by atoms with Crippen LogP contribution in [0.4, 0.5) is 0 Å². The first-order chi connectivity index (χ1) is 10.6. The van der Waals surface area contributed by atoms with Gasteiger partial charge in [0.25, 0.3) is 5.91 Å². The van der Waals surface area contributed by atoms with E-state index in [4.69, 9.17) is 9.47 Å². The molecule has 0 fully saturated rings. The molecule has 0 unspecified atom stereocenters. The molecule has 0 aliphatic rings. The van der Waals surface area contributed by atoms with Gasteiger partial charge in [0.1, 0.15) is 0 Å². The maximum Gasteiger partial charge on any atom is 0.257 e. The number of carbonyl (C=O) groups is 2. The van der Waals surface area contributed by atoms with Gasteiger partial charge in [-0.1, -0.05) is 6.07 Å². The molecule has 1 rings (SSSR count). The molecule has 0 bridgehead atoms. The molecule has 130 valence electrons. The third kappa shape index (κ3) is 7.71. The Balaban J connectivity index is 0.00000484. The monoisotopic (exact) mass is 345 g/mol. The number of hydrogen-bond acceptors (Lipinski definition) is 5. The quantitative estimate of drug-likeness (QED) is 0.605. The fourth-order valence-electron chi connectivity index (χ4n) is 1.76. The van der Waals surface area contributed by atoms with Crippen molar-refractivity contribution in [1.29, 1.82) is 0 Å². The van der Waals surface area contributed by atoms with Crippen molar-refractivity contribution in [2.45, 2.75) is 13.5 Å². The van der Waals surface area contributed by atoms with Crippen LogP contribution in [0.1, 0.15) is 12.5 Å². The maximum absolute atomic E-state index is 11.4. The summed E-state index contributed by atoms with van der Waals surface area (Å²) >= 11 is 0. The molecule has 1 aromatic carbocycles. The molecule has 0 spiro atoms. The molecule has 7 nitrogen and oxygen atoms in total. The number of nitrogens with one attached hydrogen (secondary N) is 3. The predicted octanol–water partition coefficient (Wildman–Crippen LogP) is 0.468. The van der Waals surface area contributed by atoms with Crippen LogP contribution in [0.15, 0.2) is 18.2 Å². The normalized spacial score (nSPS) is 9.52. The van der Waals surface area contributed by atoms with E-state index < -0.39 is 0 Å². The summed E-state index contributed by atoms with van der Waals surface area (Å²) in [5, 5.41) is 8.21. The summed E-state index contributed by atoms with van der Waals surface area (Å²) in [7, 11) is 3.24. The van der Waals surface area contributed by atoms with Gasteiger partial charge in [-0.05, 0) is 31.7 Å². The minimum absolute atomic E-state index is 0. The third-order valence-corrected chi connectivity index (χ3v) is 2.79. The molecule has 0 aliphatic carbocycles. The lowest BCUT2D eigenvalue weighted by atomic mass is 10.2. The van der Waals surface area contributed by atoms with Crippen LogP contribution in [0.3, 0.4) is 0 Å². The number of rotatable bonds is 9. The van der Waals surface area contributed by atoms with E-state index in [0.29, 0.717) is 24.6 Å². The van der Waals surface area contributed by atoms with Crippen LogP contribution in [0.5, 0.6) is 11.5 Å². The minimum atomic E-state index is -0.187. The third-order valence-electron chi connectivity index (χ3n) is 2.79. The van der Waals surface area contributed by atoms with Crippen LogP contribution in [0.25, 0.3) is 0 Å². The van der Waals surface area contributed by atoms with Crippen molar-refractivity contribution >= 4 is 24.2 Å². The first-order valence-electron chi connectivity index (χ1n) is 7.08. The molecule has 0 aromatic heterocycles. The maximum atomic E-state index is 11.4. The van der Waals surface area contributed by atoms with Gasteiger partial charge in [-0.25, -0.2) is 0 Å². The highest BCUT2D eigenvalue weighted by Crippen LogP contribution is 2.27. The summed E-state index contributed by atoms with van der Waals surface area (Å²) in [4.78, 5) is 22.8. The molecule has 2 amide bonds. The fourth-order valence-corrected chi connectivity index (χ4v) is 1.76. The van der Waals surface area contributed by atoms with Crippen LogP contribution in [0.2, 0.25) is 0 Å². The molecule has 8 heteroatoms. The topological polar surface area (TPSA) is 88.7 Å². The Kier molecular flexibility index (Phi) is 10.6. The van der Waals surface area contributed by atoms with Gasteiger partial charge in [-0.15, -0.1) is 12.4 Å². The Morgan fingerprint density at radius 1 is 1.13 bits per heavy atom. The molecule has 0 saturated heterocycles. The lowest BCUT2D eigenvalue weighted by Gasteiger charge is -2.12. The minimum Gasteiger partial charge on any atom is -0.493 e. The van der Waals surface area contributed by atoms with Crippen molar-refractivity contribution in [3.63, 3.8) is 0 Å². The molecule has 3 N–H and O–H groups in total. The number of ether oxygens (including phenoxy) is 2. The Labute approximate surface area is 142 Å². The van der Waals surface area contributed by atoms with Crippen LogP contribution < -0.4 is 25.4 Å². The van der Waals surface area contributed by atoms with Crippen molar-refractivity contribution in [2.24, 2.45) is 0 Å². The molecule has 0 aliphatic heterocycles. The van der Waals surface area contributed by atoms with Gasteiger partial charge in [0.05, 0.1) is 13.7 Å². The molecule has 0 radical (unpaired) electrons. The van der Waals surface area contributed by atoms with Gasteiger partial charge in [-0.2, -0.15) is 0 Å². The van der Waals surface area contributed by atoms with Crippen molar-refractivity contribution in [3.05, 3.63) is 23.8 Å². The molecule has 23 heavy (non-hydrogen) atoms.